The Morgan fingerprint density at radius 2 is 2.03 bits per heavy atom. The van der Waals surface area contributed by atoms with Crippen LogP contribution in [0.5, 0.6) is 0 Å². The maximum Gasteiger partial charge on any atom is 0.194 e. The fourth-order valence-electron chi connectivity index (χ4n) is 2.96. The van der Waals surface area contributed by atoms with Crippen LogP contribution in [0.15, 0.2) is 46.9 Å². The van der Waals surface area contributed by atoms with E-state index in [0.717, 1.165) is 41.7 Å². The number of imidazole rings is 1. The summed E-state index contributed by atoms with van der Waals surface area (Å²) in [6.07, 6.45) is 2.74. The number of nitrogens with one attached hydrogen (secondary N) is 2. The van der Waals surface area contributed by atoms with Crippen LogP contribution in [0.2, 0.25) is 0 Å². The number of nitrogens with zero attached hydrogens (tertiary/aromatic N) is 4. The van der Waals surface area contributed by atoms with Crippen molar-refractivity contribution in [1.82, 2.24) is 25.2 Å². The van der Waals surface area contributed by atoms with E-state index in [4.69, 9.17) is 9.98 Å². The molecule has 0 unspecified atom stereocenters. The molecule has 2 N–H and O–H groups in total. The van der Waals surface area contributed by atoms with Gasteiger partial charge in [0.15, 0.2) is 5.96 Å². The Morgan fingerprint density at radius 3 is 2.70 bits per heavy atom. The van der Waals surface area contributed by atoms with Crippen molar-refractivity contribution < 1.29 is 0 Å². The molecule has 1 aromatic carbocycles. The minimum absolute atomic E-state index is 0. The first-order chi connectivity index (χ1) is 14.1. The lowest BCUT2D eigenvalue weighted by atomic mass is 10.2. The molecule has 0 radical (unpaired) electrons. The van der Waals surface area contributed by atoms with Crippen molar-refractivity contribution in [1.29, 1.82) is 0 Å². The van der Waals surface area contributed by atoms with Gasteiger partial charge in [-0.1, -0.05) is 44.2 Å². The van der Waals surface area contributed by atoms with Crippen molar-refractivity contribution in [2.75, 3.05) is 20.1 Å². The Bertz CT molecular complexity index is 919. The second-order valence-electron chi connectivity index (χ2n) is 7.28. The molecule has 6 nitrogen and oxygen atoms in total. The molecule has 0 spiro atoms. The Hall–Kier alpha value is -1.94. The Balaban J connectivity index is 0.00000320. The second-order valence-corrected chi connectivity index (χ2v) is 8.17. The summed E-state index contributed by atoms with van der Waals surface area (Å²) in [5.74, 6) is 2.28. The number of H-pyrrole nitrogens is 1. The SMILES string of the molecule is CCNC(=NCCc1csc(C(C)C)n1)N(C)Cc1ncc(-c2ccccc2)[nH]1.I. The van der Waals surface area contributed by atoms with Crippen LogP contribution >= 0.6 is 35.3 Å². The number of benzene rings is 1. The number of hydrogen-bond donors (Lipinski definition) is 2. The van der Waals surface area contributed by atoms with Gasteiger partial charge in [0.25, 0.3) is 0 Å². The molecule has 30 heavy (non-hydrogen) atoms. The lowest BCUT2D eigenvalue weighted by Crippen LogP contribution is -2.38. The molecule has 0 aliphatic carbocycles. The van der Waals surface area contributed by atoms with Gasteiger partial charge in [-0.3, -0.25) is 4.99 Å². The summed E-state index contributed by atoms with van der Waals surface area (Å²) in [7, 11) is 2.03. The molecule has 0 atom stereocenters. The van der Waals surface area contributed by atoms with Crippen LogP contribution < -0.4 is 5.32 Å². The van der Waals surface area contributed by atoms with Gasteiger partial charge in [0.1, 0.15) is 5.82 Å². The minimum Gasteiger partial charge on any atom is -0.357 e. The molecular formula is C22H31IN6S. The third-order valence-electron chi connectivity index (χ3n) is 4.49. The fraction of sp³-hybridized carbons (Fsp3) is 0.409. The molecule has 3 rings (SSSR count). The summed E-state index contributed by atoms with van der Waals surface area (Å²) < 4.78 is 0. The molecule has 8 heteroatoms. The third-order valence-corrected chi connectivity index (χ3v) is 5.68. The van der Waals surface area contributed by atoms with Crippen LogP contribution in [-0.2, 0) is 13.0 Å². The minimum atomic E-state index is 0. The first kappa shape index (κ1) is 24.3. The van der Waals surface area contributed by atoms with Crippen LogP contribution in [-0.4, -0.2) is 45.9 Å². The van der Waals surface area contributed by atoms with E-state index in [2.05, 4.69) is 58.5 Å². The molecule has 0 bridgehead atoms. The maximum absolute atomic E-state index is 4.78. The summed E-state index contributed by atoms with van der Waals surface area (Å²) in [5.41, 5.74) is 3.29. The van der Waals surface area contributed by atoms with Crippen molar-refractivity contribution in [3.05, 3.63) is 58.4 Å². The summed E-state index contributed by atoms with van der Waals surface area (Å²) >= 11 is 1.74. The topological polar surface area (TPSA) is 69.2 Å². The molecule has 162 valence electrons. The van der Waals surface area contributed by atoms with Gasteiger partial charge in [0, 0.05) is 37.9 Å². The average Bonchev–Trinajstić information content (AvgIpc) is 3.38. The second kappa shape index (κ2) is 12.0. The van der Waals surface area contributed by atoms with Gasteiger partial charge >= 0.3 is 0 Å². The number of aliphatic imine (C=N–C) groups is 1. The van der Waals surface area contributed by atoms with E-state index < -0.39 is 0 Å². The van der Waals surface area contributed by atoms with Crippen LogP contribution in [0, 0.1) is 0 Å². The van der Waals surface area contributed by atoms with Crippen molar-refractivity contribution >= 4 is 41.3 Å². The summed E-state index contributed by atoms with van der Waals surface area (Å²) in [6, 6.07) is 10.2. The fourth-order valence-corrected chi connectivity index (χ4v) is 3.82. The highest BCUT2D eigenvalue weighted by atomic mass is 127. The first-order valence-electron chi connectivity index (χ1n) is 10.1. The van der Waals surface area contributed by atoms with E-state index in [-0.39, 0.29) is 24.0 Å². The molecule has 0 aliphatic heterocycles. The van der Waals surface area contributed by atoms with Gasteiger partial charge in [0.05, 0.1) is 29.1 Å². The molecule has 0 saturated carbocycles. The van der Waals surface area contributed by atoms with Crippen LogP contribution in [0.25, 0.3) is 11.3 Å². The lowest BCUT2D eigenvalue weighted by Gasteiger charge is -2.21. The number of aromatic nitrogens is 3. The highest BCUT2D eigenvalue weighted by Crippen LogP contribution is 2.19. The molecular weight excluding hydrogens is 507 g/mol. The van der Waals surface area contributed by atoms with E-state index >= 15 is 0 Å². The largest absolute Gasteiger partial charge is 0.357 e. The van der Waals surface area contributed by atoms with Crippen molar-refractivity contribution in [3.63, 3.8) is 0 Å². The van der Waals surface area contributed by atoms with Crippen molar-refractivity contribution in [3.8, 4) is 11.3 Å². The summed E-state index contributed by atoms with van der Waals surface area (Å²) in [4.78, 5) is 19.5. The van der Waals surface area contributed by atoms with Gasteiger partial charge in [-0.2, -0.15) is 0 Å². The van der Waals surface area contributed by atoms with Crippen molar-refractivity contribution in [2.24, 2.45) is 4.99 Å². The quantitative estimate of drug-likeness (QED) is 0.243. The highest BCUT2D eigenvalue weighted by molar-refractivity contribution is 14.0. The summed E-state index contributed by atoms with van der Waals surface area (Å²) in [5, 5.41) is 6.71. The smallest absolute Gasteiger partial charge is 0.194 e. The molecule has 2 aromatic heterocycles. The predicted molar refractivity (Wildman–Crippen MR) is 137 cm³/mol. The zero-order valence-electron chi connectivity index (χ0n) is 18.1. The number of halogens is 1. The van der Waals surface area contributed by atoms with E-state index in [1.807, 2.05) is 31.4 Å². The Labute approximate surface area is 200 Å². The molecule has 0 fully saturated rings. The van der Waals surface area contributed by atoms with Gasteiger partial charge in [-0.05, 0) is 12.5 Å². The zero-order chi connectivity index (χ0) is 20.6. The van der Waals surface area contributed by atoms with Gasteiger partial charge in [0.2, 0.25) is 0 Å². The van der Waals surface area contributed by atoms with Gasteiger partial charge in [-0.25, -0.2) is 9.97 Å². The molecule has 2 heterocycles. The Kier molecular flexibility index (Phi) is 9.77. The molecule has 0 aliphatic rings. The number of guanidine groups is 1. The van der Waals surface area contributed by atoms with E-state index in [1.54, 1.807) is 11.3 Å². The number of rotatable bonds is 8. The van der Waals surface area contributed by atoms with Gasteiger partial charge < -0.3 is 15.2 Å². The standard InChI is InChI=1S/C22H30N6S.HI/c1-5-23-22(24-12-11-18-15-29-21(26-18)16(2)3)28(4)14-20-25-13-19(27-20)17-9-7-6-8-10-17;/h6-10,13,15-16H,5,11-12,14H2,1-4H3,(H,23,24)(H,25,27);1H. The number of hydrogen-bond acceptors (Lipinski definition) is 4. The third kappa shape index (κ3) is 6.80. The van der Waals surface area contributed by atoms with E-state index in [0.29, 0.717) is 19.0 Å². The Morgan fingerprint density at radius 1 is 1.27 bits per heavy atom. The lowest BCUT2D eigenvalue weighted by molar-refractivity contribution is 0.464. The monoisotopic (exact) mass is 538 g/mol. The van der Waals surface area contributed by atoms with Crippen LogP contribution in [0.1, 0.15) is 43.2 Å². The maximum atomic E-state index is 4.78. The van der Waals surface area contributed by atoms with E-state index in [9.17, 15) is 0 Å². The molecule has 0 saturated heterocycles. The summed E-state index contributed by atoms with van der Waals surface area (Å²) in [6.45, 7) is 8.63. The van der Waals surface area contributed by atoms with Crippen LogP contribution in [0.3, 0.4) is 0 Å². The average molecular weight is 539 g/mol. The normalized spacial score (nSPS) is 11.4. The highest BCUT2D eigenvalue weighted by Gasteiger charge is 2.10. The van der Waals surface area contributed by atoms with Crippen molar-refractivity contribution in [2.45, 2.75) is 39.7 Å². The molecule has 3 aromatic rings. The van der Waals surface area contributed by atoms with E-state index in [1.165, 1.54) is 5.01 Å². The predicted octanol–water partition coefficient (Wildman–Crippen LogP) is 4.91. The number of thiazole rings is 1. The molecule has 0 amide bonds. The van der Waals surface area contributed by atoms with Crippen LogP contribution in [0.4, 0.5) is 0 Å². The first-order valence-corrected chi connectivity index (χ1v) is 11.0. The number of aromatic amines is 1. The van der Waals surface area contributed by atoms with Gasteiger partial charge in [-0.15, -0.1) is 35.3 Å². The zero-order valence-corrected chi connectivity index (χ0v) is 21.2.